The molecule has 31 heavy (non-hydrogen) atoms. The number of benzene rings is 2. The summed E-state index contributed by atoms with van der Waals surface area (Å²) in [4.78, 5) is 15.6. The number of carbonyl (C=O) groups excluding carboxylic acids is 1. The zero-order valence-electron chi connectivity index (χ0n) is 18.0. The van der Waals surface area contributed by atoms with Crippen molar-refractivity contribution in [1.82, 2.24) is 10.2 Å². The van der Waals surface area contributed by atoms with Gasteiger partial charge in [-0.3, -0.25) is 4.79 Å². The number of amides is 1. The van der Waals surface area contributed by atoms with Crippen molar-refractivity contribution in [1.29, 1.82) is 0 Å². The number of morpholine rings is 1. The maximum absolute atomic E-state index is 13.7. The van der Waals surface area contributed by atoms with Crippen LogP contribution in [0.4, 0.5) is 4.39 Å². The molecule has 4 atom stereocenters. The largest absolute Gasteiger partial charge is 0.367 e. The average molecular weight is 425 g/mol. The van der Waals surface area contributed by atoms with Gasteiger partial charge in [0.2, 0.25) is 0 Å². The summed E-state index contributed by atoms with van der Waals surface area (Å²) in [6, 6.07) is 14.5. The smallest absolute Gasteiger partial charge is 0.252 e. The Morgan fingerprint density at radius 2 is 1.94 bits per heavy atom. The van der Waals surface area contributed by atoms with Gasteiger partial charge in [0.05, 0.1) is 24.4 Å². The Bertz CT molecular complexity index is 961. The van der Waals surface area contributed by atoms with Crippen molar-refractivity contribution >= 4 is 5.91 Å². The number of hydrogen-bond donors (Lipinski definition) is 1. The highest BCUT2D eigenvalue weighted by atomic mass is 19.1. The summed E-state index contributed by atoms with van der Waals surface area (Å²) >= 11 is 0. The second kappa shape index (κ2) is 8.01. The molecule has 0 spiro atoms. The molecule has 2 saturated heterocycles. The van der Waals surface area contributed by atoms with E-state index in [-0.39, 0.29) is 35.5 Å². The lowest BCUT2D eigenvalue weighted by molar-refractivity contribution is -0.186. The molecule has 3 aliphatic rings. The highest BCUT2D eigenvalue weighted by Crippen LogP contribution is 2.37. The number of halogens is 1. The van der Waals surface area contributed by atoms with Crippen LogP contribution in [0.1, 0.15) is 43.0 Å². The first-order valence-corrected chi connectivity index (χ1v) is 11.1. The van der Waals surface area contributed by atoms with E-state index in [1.165, 1.54) is 17.7 Å². The Morgan fingerprint density at radius 3 is 2.74 bits per heavy atom. The molecule has 0 unspecified atom stereocenters. The highest BCUT2D eigenvalue weighted by Gasteiger charge is 2.44. The van der Waals surface area contributed by atoms with Crippen LogP contribution in [-0.4, -0.2) is 54.4 Å². The predicted molar refractivity (Wildman–Crippen MR) is 115 cm³/mol. The van der Waals surface area contributed by atoms with E-state index in [0.717, 1.165) is 24.1 Å². The maximum Gasteiger partial charge on any atom is 0.252 e. The summed E-state index contributed by atoms with van der Waals surface area (Å²) in [5.41, 5.74) is 3.01. The van der Waals surface area contributed by atoms with Crippen molar-refractivity contribution in [3.63, 3.8) is 0 Å². The lowest BCUT2D eigenvalue weighted by Gasteiger charge is -2.47. The van der Waals surface area contributed by atoms with Crippen molar-refractivity contribution in [3.8, 4) is 0 Å². The minimum atomic E-state index is -0.508. The quantitative estimate of drug-likeness (QED) is 0.804. The van der Waals surface area contributed by atoms with Crippen LogP contribution < -0.4 is 5.32 Å². The van der Waals surface area contributed by atoms with E-state index >= 15 is 0 Å². The SMILES string of the molecule is CC1(C)CN[C@H]2C[C@H](C(=O)N3CCc4ccccc4[C@@H]3c3ccc(F)cc3)OC[C@@H]2O1. The molecule has 2 aromatic rings. The van der Waals surface area contributed by atoms with Crippen LogP contribution in [0, 0.1) is 5.82 Å². The molecule has 0 saturated carbocycles. The molecule has 2 fully saturated rings. The topological polar surface area (TPSA) is 50.8 Å². The summed E-state index contributed by atoms with van der Waals surface area (Å²) in [6.45, 7) is 5.90. The number of nitrogens with zero attached hydrogens (tertiary/aromatic N) is 1. The number of fused-ring (bicyclic) bond motifs is 2. The molecule has 3 heterocycles. The fourth-order valence-corrected chi connectivity index (χ4v) is 5.10. The first-order valence-electron chi connectivity index (χ1n) is 11.1. The Balaban J connectivity index is 1.41. The van der Waals surface area contributed by atoms with E-state index in [1.807, 2.05) is 17.0 Å². The Morgan fingerprint density at radius 1 is 1.16 bits per heavy atom. The molecular formula is C25H29FN2O3. The van der Waals surface area contributed by atoms with Crippen LogP contribution in [0.5, 0.6) is 0 Å². The number of hydrogen-bond acceptors (Lipinski definition) is 4. The molecule has 0 aromatic heterocycles. The van der Waals surface area contributed by atoms with Gasteiger partial charge >= 0.3 is 0 Å². The molecule has 0 radical (unpaired) electrons. The van der Waals surface area contributed by atoms with E-state index in [4.69, 9.17) is 9.47 Å². The van der Waals surface area contributed by atoms with E-state index in [1.54, 1.807) is 12.1 Å². The van der Waals surface area contributed by atoms with Gasteiger partial charge in [0.15, 0.2) is 0 Å². The zero-order chi connectivity index (χ0) is 21.6. The highest BCUT2D eigenvalue weighted by molar-refractivity contribution is 5.82. The fraction of sp³-hybridized carbons (Fsp3) is 0.480. The normalized spacial score (nSPS) is 29.7. The standard InChI is InChI=1S/C25H29FN2O3/c1-25(2)15-27-20-13-21(30-14-22(20)31-25)24(29)28-12-11-16-5-3-4-6-19(16)23(28)17-7-9-18(26)10-8-17/h3-10,20-23,27H,11-15H2,1-2H3/t20-,21+,22-,23-/m0/s1. The van der Waals surface area contributed by atoms with Crippen molar-refractivity contribution < 1.29 is 18.7 Å². The minimum Gasteiger partial charge on any atom is -0.367 e. The van der Waals surface area contributed by atoms with Crippen molar-refractivity contribution in [3.05, 3.63) is 71.0 Å². The number of carbonyl (C=O) groups is 1. The van der Waals surface area contributed by atoms with Gasteiger partial charge in [-0.2, -0.15) is 0 Å². The molecule has 6 heteroatoms. The van der Waals surface area contributed by atoms with E-state index in [0.29, 0.717) is 19.6 Å². The molecule has 1 N–H and O–H groups in total. The van der Waals surface area contributed by atoms with Crippen LogP contribution in [0.25, 0.3) is 0 Å². The molecule has 3 aliphatic heterocycles. The second-order valence-electron chi connectivity index (χ2n) is 9.40. The maximum atomic E-state index is 13.7. The average Bonchev–Trinajstić information content (AvgIpc) is 2.77. The van der Waals surface area contributed by atoms with Crippen LogP contribution in [0.15, 0.2) is 48.5 Å². The predicted octanol–water partition coefficient (Wildman–Crippen LogP) is 3.22. The van der Waals surface area contributed by atoms with E-state index in [2.05, 4.69) is 31.3 Å². The first-order chi connectivity index (χ1) is 14.9. The molecule has 1 amide bonds. The third kappa shape index (κ3) is 4.00. The van der Waals surface area contributed by atoms with Gasteiger partial charge in [0.25, 0.3) is 5.91 Å². The summed E-state index contributed by atoms with van der Waals surface area (Å²) < 4.78 is 25.8. The molecule has 0 aliphatic carbocycles. The zero-order valence-corrected chi connectivity index (χ0v) is 18.0. The Labute approximate surface area is 182 Å². The number of ether oxygens (including phenoxy) is 2. The number of nitrogens with one attached hydrogen (secondary N) is 1. The van der Waals surface area contributed by atoms with Crippen LogP contribution in [0.3, 0.4) is 0 Å². The Hall–Kier alpha value is -2.28. The summed E-state index contributed by atoms with van der Waals surface area (Å²) in [5.74, 6) is -0.285. The summed E-state index contributed by atoms with van der Waals surface area (Å²) in [7, 11) is 0. The van der Waals surface area contributed by atoms with Gasteiger partial charge < -0.3 is 19.7 Å². The molecule has 2 aromatic carbocycles. The molecular weight excluding hydrogens is 395 g/mol. The first kappa shape index (κ1) is 20.6. The van der Waals surface area contributed by atoms with Crippen molar-refractivity contribution in [2.75, 3.05) is 19.7 Å². The van der Waals surface area contributed by atoms with Crippen LogP contribution >= 0.6 is 0 Å². The molecule has 5 nitrogen and oxygen atoms in total. The fourth-order valence-electron chi connectivity index (χ4n) is 5.10. The molecule has 5 rings (SSSR count). The van der Waals surface area contributed by atoms with Gasteiger partial charge in [0, 0.05) is 25.6 Å². The van der Waals surface area contributed by atoms with E-state index < -0.39 is 6.10 Å². The molecule has 164 valence electrons. The van der Waals surface area contributed by atoms with Crippen LogP contribution in [-0.2, 0) is 20.7 Å². The van der Waals surface area contributed by atoms with Crippen molar-refractivity contribution in [2.24, 2.45) is 0 Å². The minimum absolute atomic E-state index is 0.00564. The lowest BCUT2D eigenvalue weighted by Crippen LogP contribution is -2.63. The van der Waals surface area contributed by atoms with Gasteiger partial charge in [-0.15, -0.1) is 0 Å². The van der Waals surface area contributed by atoms with Gasteiger partial charge in [-0.1, -0.05) is 36.4 Å². The third-order valence-corrected chi connectivity index (χ3v) is 6.67. The number of rotatable bonds is 2. The van der Waals surface area contributed by atoms with Gasteiger partial charge in [0.1, 0.15) is 11.9 Å². The van der Waals surface area contributed by atoms with Crippen molar-refractivity contribution in [2.45, 2.75) is 56.6 Å². The van der Waals surface area contributed by atoms with Gasteiger partial charge in [-0.25, -0.2) is 4.39 Å². The third-order valence-electron chi connectivity index (χ3n) is 6.67. The van der Waals surface area contributed by atoms with Crippen LogP contribution in [0.2, 0.25) is 0 Å². The summed E-state index contributed by atoms with van der Waals surface area (Å²) in [5, 5.41) is 3.55. The Kier molecular flexibility index (Phi) is 5.32. The van der Waals surface area contributed by atoms with Gasteiger partial charge in [-0.05, 0) is 49.1 Å². The molecule has 0 bridgehead atoms. The van der Waals surface area contributed by atoms with E-state index in [9.17, 15) is 9.18 Å². The monoisotopic (exact) mass is 424 g/mol. The second-order valence-corrected chi connectivity index (χ2v) is 9.40. The lowest BCUT2D eigenvalue weighted by atomic mass is 9.87. The summed E-state index contributed by atoms with van der Waals surface area (Å²) in [6.07, 6.45) is 0.844.